The second-order valence-corrected chi connectivity index (χ2v) is 5.57. The van der Waals surface area contributed by atoms with Crippen LogP contribution in [-0.2, 0) is 0 Å². The van der Waals surface area contributed by atoms with Gasteiger partial charge in [0.2, 0.25) is 0 Å². The molecule has 6 heteroatoms. The highest BCUT2D eigenvalue weighted by molar-refractivity contribution is 7.99. The molecule has 0 heterocycles. The Kier molecular flexibility index (Phi) is 4.82. The Morgan fingerprint density at radius 3 is 2.48 bits per heavy atom. The lowest BCUT2D eigenvalue weighted by Crippen LogP contribution is -2.08. The molecule has 2 aromatic carbocycles. The molecule has 110 valence electrons. The number of rotatable bonds is 5. The van der Waals surface area contributed by atoms with Crippen LogP contribution in [0.25, 0.3) is 0 Å². The molecule has 1 unspecified atom stereocenters. The van der Waals surface area contributed by atoms with Crippen LogP contribution >= 0.6 is 11.8 Å². The van der Waals surface area contributed by atoms with Crippen molar-refractivity contribution in [3.8, 4) is 5.75 Å². The van der Waals surface area contributed by atoms with Crippen LogP contribution in [0.15, 0.2) is 52.3 Å². The average molecular weight is 304 g/mol. The van der Waals surface area contributed by atoms with E-state index in [1.807, 2.05) is 25.1 Å². The Balaban J connectivity index is 2.48. The molecule has 0 saturated carbocycles. The van der Waals surface area contributed by atoms with Gasteiger partial charge in [0.1, 0.15) is 5.75 Å². The Bertz CT molecular complexity index is 659. The third kappa shape index (κ3) is 3.34. The molecule has 0 saturated heterocycles. The van der Waals surface area contributed by atoms with Crippen molar-refractivity contribution in [1.82, 2.24) is 0 Å². The molecule has 2 aromatic rings. The van der Waals surface area contributed by atoms with Crippen LogP contribution in [0.3, 0.4) is 0 Å². The fraction of sp³-hybridized carbons (Fsp3) is 0.200. The van der Waals surface area contributed by atoms with E-state index < -0.39 is 0 Å². The van der Waals surface area contributed by atoms with Gasteiger partial charge in [0.15, 0.2) is 0 Å². The van der Waals surface area contributed by atoms with E-state index in [2.05, 4.69) is 0 Å². The van der Waals surface area contributed by atoms with Gasteiger partial charge in [0.25, 0.3) is 5.69 Å². The molecule has 0 aliphatic heterocycles. The maximum absolute atomic E-state index is 11.1. The van der Waals surface area contributed by atoms with Crippen LogP contribution in [0.5, 0.6) is 5.75 Å². The van der Waals surface area contributed by atoms with Crippen LogP contribution in [0.1, 0.15) is 18.5 Å². The van der Waals surface area contributed by atoms with Crippen molar-refractivity contribution in [3.63, 3.8) is 0 Å². The van der Waals surface area contributed by atoms with Gasteiger partial charge in [0.05, 0.1) is 16.9 Å². The Morgan fingerprint density at radius 1 is 1.19 bits per heavy atom. The second-order valence-electron chi connectivity index (χ2n) is 4.49. The minimum Gasteiger partial charge on any atom is -0.496 e. The van der Waals surface area contributed by atoms with Crippen molar-refractivity contribution in [1.29, 1.82) is 0 Å². The molecule has 2 rings (SSSR count). The first kappa shape index (κ1) is 15.3. The van der Waals surface area contributed by atoms with Crippen LogP contribution in [0.4, 0.5) is 5.69 Å². The molecular weight excluding hydrogens is 288 g/mol. The lowest BCUT2D eigenvalue weighted by atomic mass is 10.1. The summed E-state index contributed by atoms with van der Waals surface area (Å²) in [6.07, 6.45) is 0. The molecule has 5 nitrogen and oxygen atoms in total. The summed E-state index contributed by atoms with van der Waals surface area (Å²) in [6, 6.07) is 12.0. The monoisotopic (exact) mass is 304 g/mol. The molecule has 1 atom stereocenters. The summed E-state index contributed by atoms with van der Waals surface area (Å²) in [4.78, 5) is 12.2. The number of ether oxygens (including phenoxy) is 1. The fourth-order valence-electron chi connectivity index (χ4n) is 2.05. The highest BCUT2D eigenvalue weighted by atomic mass is 32.2. The van der Waals surface area contributed by atoms with Crippen molar-refractivity contribution in [2.75, 3.05) is 7.11 Å². The molecule has 0 aromatic heterocycles. The molecule has 0 spiro atoms. The van der Waals surface area contributed by atoms with Crippen LogP contribution in [-0.4, -0.2) is 12.0 Å². The minimum atomic E-state index is -0.381. The van der Waals surface area contributed by atoms with Gasteiger partial charge in [-0.05, 0) is 25.1 Å². The Morgan fingerprint density at radius 2 is 1.86 bits per heavy atom. The summed E-state index contributed by atoms with van der Waals surface area (Å²) in [5.41, 5.74) is 6.95. The summed E-state index contributed by atoms with van der Waals surface area (Å²) < 4.78 is 5.34. The van der Waals surface area contributed by atoms with E-state index in [0.29, 0.717) is 10.6 Å². The zero-order chi connectivity index (χ0) is 15.4. The standard InChI is InChI=1S/C15H16N2O3S/c1-10(16)15-12(20-2)7-5-9-14(15)21-13-8-4-3-6-11(13)17(18)19/h3-10H,16H2,1-2H3. The predicted octanol–water partition coefficient (Wildman–Crippen LogP) is 3.77. The summed E-state index contributed by atoms with van der Waals surface area (Å²) in [7, 11) is 1.58. The maximum atomic E-state index is 11.1. The second kappa shape index (κ2) is 6.60. The summed E-state index contributed by atoms with van der Waals surface area (Å²) in [6.45, 7) is 1.86. The lowest BCUT2D eigenvalue weighted by Gasteiger charge is -2.16. The third-order valence-corrected chi connectivity index (χ3v) is 4.12. The number of benzene rings is 2. The number of para-hydroxylation sites is 1. The molecule has 0 aliphatic rings. The lowest BCUT2D eigenvalue weighted by molar-refractivity contribution is -0.387. The van der Waals surface area contributed by atoms with E-state index in [9.17, 15) is 10.1 Å². The zero-order valence-corrected chi connectivity index (χ0v) is 12.6. The quantitative estimate of drug-likeness (QED) is 0.672. The Labute approximate surface area is 127 Å². The number of methoxy groups -OCH3 is 1. The highest BCUT2D eigenvalue weighted by Gasteiger charge is 2.18. The molecule has 21 heavy (non-hydrogen) atoms. The van der Waals surface area contributed by atoms with E-state index in [1.165, 1.54) is 17.8 Å². The van der Waals surface area contributed by atoms with Crippen molar-refractivity contribution >= 4 is 17.4 Å². The minimum absolute atomic E-state index is 0.0842. The van der Waals surface area contributed by atoms with E-state index in [-0.39, 0.29) is 16.7 Å². The van der Waals surface area contributed by atoms with Gasteiger partial charge >= 0.3 is 0 Å². The third-order valence-electron chi connectivity index (χ3n) is 2.98. The van der Waals surface area contributed by atoms with Crippen LogP contribution in [0, 0.1) is 10.1 Å². The van der Waals surface area contributed by atoms with Gasteiger partial charge in [-0.1, -0.05) is 30.0 Å². The van der Waals surface area contributed by atoms with Crippen LogP contribution in [0.2, 0.25) is 0 Å². The van der Waals surface area contributed by atoms with Crippen molar-refractivity contribution in [3.05, 3.63) is 58.1 Å². The highest BCUT2D eigenvalue weighted by Crippen LogP contribution is 2.40. The van der Waals surface area contributed by atoms with Gasteiger partial charge in [-0.3, -0.25) is 10.1 Å². The molecule has 0 amide bonds. The predicted molar refractivity (Wildman–Crippen MR) is 82.8 cm³/mol. The molecule has 0 fully saturated rings. The fourth-order valence-corrected chi connectivity index (χ4v) is 3.23. The number of nitro benzene ring substituents is 1. The summed E-state index contributed by atoms with van der Waals surface area (Å²) >= 11 is 1.33. The smallest absolute Gasteiger partial charge is 0.283 e. The molecular formula is C15H16N2O3S. The number of nitrogens with two attached hydrogens (primary N) is 1. The first-order chi connectivity index (χ1) is 10.0. The summed E-state index contributed by atoms with van der Waals surface area (Å²) in [5.74, 6) is 0.689. The first-order valence-electron chi connectivity index (χ1n) is 6.38. The maximum Gasteiger partial charge on any atom is 0.283 e. The topological polar surface area (TPSA) is 78.4 Å². The van der Waals surface area contributed by atoms with E-state index >= 15 is 0 Å². The van der Waals surface area contributed by atoms with Gasteiger partial charge in [0, 0.05) is 22.6 Å². The number of hydrogen-bond acceptors (Lipinski definition) is 5. The number of nitro groups is 1. The molecule has 2 N–H and O–H groups in total. The van der Waals surface area contributed by atoms with Gasteiger partial charge in [-0.2, -0.15) is 0 Å². The summed E-state index contributed by atoms with van der Waals surface area (Å²) in [5, 5.41) is 11.1. The number of hydrogen-bond donors (Lipinski definition) is 1. The van der Waals surface area contributed by atoms with E-state index in [1.54, 1.807) is 25.3 Å². The van der Waals surface area contributed by atoms with Crippen molar-refractivity contribution in [2.45, 2.75) is 22.8 Å². The van der Waals surface area contributed by atoms with E-state index in [0.717, 1.165) is 10.5 Å². The molecule has 0 bridgehead atoms. The molecule has 0 radical (unpaired) electrons. The first-order valence-corrected chi connectivity index (χ1v) is 7.20. The average Bonchev–Trinajstić information content (AvgIpc) is 2.47. The SMILES string of the molecule is COc1cccc(Sc2ccccc2[N+](=O)[O-])c1C(C)N. The molecule has 0 aliphatic carbocycles. The van der Waals surface area contributed by atoms with Crippen molar-refractivity contribution in [2.24, 2.45) is 5.73 Å². The Hall–Kier alpha value is -2.05. The number of nitrogens with zero attached hydrogens (tertiary/aromatic N) is 1. The van der Waals surface area contributed by atoms with Crippen LogP contribution < -0.4 is 10.5 Å². The largest absolute Gasteiger partial charge is 0.496 e. The van der Waals surface area contributed by atoms with Gasteiger partial charge < -0.3 is 10.5 Å². The zero-order valence-electron chi connectivity index (χ0n) is 11.8. The van der Waals surface area contributed by atoms with E-state index in [4.69, 9.17) is 10.5 Å². The van der Waals surface area contributed by atoms with Gasteiger partial charge in [-0.25, -0.2) is 0 Å². The van der Waals surface area contributed by atoms with Gasteiger partial charge in [-0.15, -0.1) is 0 Å². The van der Waals surface area contributed by atoms with Crippen molar-refractivity contribution < 1.29 is 9.66 Å². The normalized spacial score (nSPS) is 12.0.